The maximum atomic E-state index is 14.3. The Morgan fingerprint density at radius 2 is 2.09 bits per heavy atom. The van der Waals surface area contributed by atoms with Crippen molar-refractivity contribution in [1.29, 1.82) is 15.9 Å². The van der Waals surface area contributed by atoms with Crippen LogP contribution in [0, 0.1) is 33.9 Å². The monoisotopic (exact) mass is 621 g/mol. The van der Waals surface area contributed by atoms with Crippen LogP contribution in [0.1, 0.15) is 86.3 Å². The number of nitrogens with one attached hydrogen (secondary N) is 1. The molecule has 2 aliphatic rings. The lowest BCUT2D eigenvalue weighted by atomic mass is 9.87. The normalized spacial score (nSPS) is 19.1. The number of aryl methyl sites for hydroxylation is 3. The van der Waals surface area contributed by atoms with Crippen LogP contribution in [-0.2, 0) is 19.9 Å². The summed E-state index contributed by atoms with van der Waals surface area (Å²) in [6, 6.07) is 8.77. The van der Waals surface area contributed by atoms with Crippen LogP contribution in [0.15, 0.2) is 35.0 Å². The highest BCUT2D eigenvalue weighted by Gasteiger charge is 2.36. The van der Waals surface area contributed by atoms with Crippen molar-refractivity contribution in [2.45, 2.75) is 77.5 Å². The van der Waals surface area contributed by atoms with Crippen LogP contribution in [0.4, 0.5) is 10.2 Å². The molecule has 2 aromatic heterocycles. The first kappa shape index (κ1) is 32.2. The fourth-order valence-electron chi connectivity index (χ4n) is 6.32. The first-order chi connectivity index (χ1) is 22.1. The van der Waals surface area contributed by atoms with E-state index in [-0.39, 0.29) is 29.6 Å². The molecule has 3 N–H and O–H groups in total. The molecule has 0 fully saturated rings. The summed E-state index contributed by atoms with van der Waals surface area (Å²) in [6.07, 6.45) is 6.01. The Bertz CT molecular complexity index is 1870. The molecule has 3 unspecified atom stereocenters. The minimum atomic E-state index is -0.528. The van der Waals surface area contributed by atoms with Crippen molar-refractivity contribution in [1.82, 2.24) is 19.7 Å². The molecule has 5 rings (SSSR count). The van der Waals surface area contributed by atoms with Crippen molar-refractivity contribution in [3.05, 3.63) is 69.6 Å². The number of hydrogen-bond donors (Lipinski definition) is 2. The van der Waals surface area contributed by atoms with Crippen LogP contribution in [0.2, 0.25) is 0 Å². The van der Waals surface area contributed by atoms with E-state index in [1.165, 1.54) is 24.5 Å². The minimum absolute atomic E-state index is 0.0939. The van der Waals surface area contributed by atoms with Gasteiger partial charge in [0.05, 0.1) is 29.9 Å². The van der Waals surface area contributed by atoms with E-state index >= 15 is 0 Å². The van der Waals surface area contributed by atoms with E-state index in [2.05, 4.69) is 22.2 Å². The smallest absolute Gasteiger partial charge is 0.258 e. The van der Waals surface area contributed by atoms with Crippen molar-refractivity contribution in [2.75, 3.05) is 12.8 Å². The molecule has 0 radical (unpaired) electrons. The van der Waals surface area contributed by atoms with E-state index in [0.29, 0.717) is 71.5 Å². The zero-order valence-electron chi connectivity index (χ0n) is 26.8. The molecule has 236 valence electrons. The molecule has 0 amide bonds. The number of allylic oxidation sites excluding steroid dienone is 1. The average molecular weight is 622 g/mol. The number of benzene rings is 1. The van der Waals surface area contributed by atoms with Gasteiger partial charge in [-0.15, -0.1) is 0 Å². The second kappa shape index (κ2) is 13.4. The molecule has 3 aromatic rings. The second-order valence-electron chi connectivity index (χ2n) is 11.8. The van der Waals surface area contributed by atoms with Crippen LogP contribution in [0.3, 0.4) is 0 Å². The summed E-state index contributed by atoms with van der Waals surface area (Å²) in [4.78, 5) is 14.2. The maximum Gasteiger partial charge on any atom is 0.258 e. The number of hydrogen-bond acceptors (Lipinski definition) is 9. The summed E-state index contributed by atoms with van der Waals surface area (Å²) >= 11 is 0. The summed E-state index contributed by atoms with van der Waals surface area (Å²) < 4.78 is 24.0. The number of likely N-dealkylation sites (N-methyl/N-ethyl adjacent to an activating group) is 1. The van der Waals surface area contributed by atoms with Gasteiger partial charge in [0, 0.05) is 30.3 Å². The van der Waals surface area contributed by atoms with Crippen molar-refractivity contribution in [2.24, 2.45) is 12.0 Å². The standard InChI is InChI=1S/C34H38FN10O/c1-6-8-26-32(30(17-38)45(5)43-26)29(16-37)44(4)19(2)27-13-22(15-36)31-25(41-27)10-7-9-21-11-12-23(35)14-24(21)20(3)46-34-33(39)40-18-28(31)42-34/h11-12,14,16,18-20,27,37H,6-10,13H2,1-5H3,(H2,39,40)/q+1. The minimum Gasteiger partial charge on any atom is -0.467 e. The lowest BCUT2D eigenvalue weighted by Crippen LogP contribution is -2.39. The topological polar surface area (TPSA) is 166 Å². The van der Waals surface area contributed by atoms with Crippen LogP contribution >= 0.6 is 0 Å². The van der Waals surface area contributed by atoms with Crippen molar-refractivity contribution in [3.8, 4) is 18.0 Å². The van der Waals surface area contributed by atoms with Gasteiger partial charge in [-0.25, -0.2) is 18.9 Å². The number of nitrogens with two attached hydrogens (primary N) is 1. The van der Waals surface area contributed by atoms with Gasteiger partial charge >= 0.3 is 0 Å². The molecule has 46 heavy (non-hydrogen) atoms. The molecule has 2 bridgehead atoms. The number of nitrogen functional groups attached to an aromatic ring is 1. The first-order valence-electron chi connectivity index (χ1n) is 15.5. The number of anilines is 1. The van der Waals surface area contributed by atoms with Gasteiger partial charge in [-0.2, -0.15) is 15.6 Å². The molecule has 1 aromatic carbocycles. The maximum absolute atomic E-state index is 14.3. The van der Waals surface area contributed by atoms with Crippen LogP contribution < -0.4 is 10.5 Å². The van der Waals surface area contributed by atoms with Gasteiger partial charge < -0.3 is 15.9 Å². The summed E-state index contributed by atoms with van der Waals surface area (Å²) in [5, 5.41) is 33.3. The fraction of sp³-hybridized carbons (Fsp3) is 0.412. The number of halogens is 1. The molecule has 0 aliphatic carbocycles. The second-order valence-corrected chi connectivity index (χ2v) is 11.8. The number of fused-ring (bicyclic) bond motifs is 5. The summed E-state index contributed by atoms with van der Waals surface area (Å²) in [5.41, 5.74) is 12.5. The zero-order valence-corrected chi connectivity index (χ0v) is 26.8. The number of nitriles is 2. The number of nitrogens with zero attached hydrogens (tertiary/aromatic N) is 8. The number of dihydropyridines is 1. The van der Waals surface area contributed by atoms with E-state index in [0.717, 1.165) is 23.4 Å². The van der Waals surface area contributed by atoms with Gasteiger partial charge in [0.15, 0.2) is 17.6 Å². The molecule has 3 atom stereocenters. The molecule has 12 heteroatoms. The fourth-order valence-corrected chi connectivity index (χ4v) is 6.32. The first-order valence-corrected chi connectivity index (χ1v) is 15.5. The Morgan fingerprint density at radius 3 is 2.78 bits per heavy atom. The van der Waals surface area contributed by atoms with Gasteiger partial charge in [-0.05, 0) is 62.8 Å². The van der Waals surface area contributed by atoms with Crippen LogP contribution in [-0.4, -0.2) is 61.1 Å². The van der Waals surface area contributed by atoms with E-state index in [9.17, 15) is 14.9 Å². The van der Waals surface area contributed by atoms with Gasteiger partial charge in [-0.1, -0.05) is 19.4 Å². The molecule has 0 saturated heterocycles. The molecule has 2 aliphatic heterocycles. The summed E-state index contributed by atoms with van der Waals surface area (Å²) in [5.74, 6) is -0.152. The lowest BCUT2D eigenvalue weighted by Gasteiger charge is -2.27. The van der Waals surface area contributed by atoms with Crippen molar-refractivity contribution >= 4 is 29.0 Å². The third kappa shape index (κ3) is 6.03. The number of ether oxygens (including phenoxy) is 1. The lowest BCUT2D eigenvalue weighted by molar-refractivity contribution is -0.534. The van der Waals surface area contributed by atoms with Gasteiger partial charge in [0.2, 0.25) is 5.71 Å². The highest BCUT2D eigenvalue weighted by molar-refractivity contribution is 6.35. The third-order valence-electron chi connectivity index (χ3n) is 8.83. The number of aromatic nitrogens is 4. The molecule has 4 heterocycles. The molecular weight excluding hydrogens is 583 g/mol. The molecular formula is C34H38FN10O+. The molecule has 0 spiro atoms. The average Bonchev–Trinajstić information content (AvgIpc) is 3.35. The Morgan fingerprint density at radius 1 is 1.30 bits per heavy atom. The largest absolute Gasteiger partial charge is 0.467 e. The quantitative estimate of drug-likeness (QED) is 0.292. The molecule has 11 nitrogen and oxygen atoms in total. The van der Waals surface area contributed by atoms with E-state index < -0.39 is 6.10 Å². The summed E-state index contributed by atoms with van der Waals surface area (Å²) in [6.45, 7) is 5.88. The highest BCUT2D eigenvalue weighted by Crippen LogP contribution is 2.35. The zero-order chi connectivity index (χ0) is 33.1. The third-order valence-corrected chi connectivity index (χ3v) is 8.83. The SMILES string of the molecule is CCCc1nn(C)c(C#N)c1C(C=N)=[N+](C)C(C)C1CC(C#N)=C2C(=N1)CCCc1ccc(F)cc1C(C)Oc1nc2cnc1N. The van der Waals surface area contributed by atoms with E-state index in [1.807, 2.05) is 32.4 Å². The van der Waals surface area contributed by atoms with Crippen LogP contribution in [0.5, 0.6) is 5.88 Å². The van der Waals surface area contributed by atoms with Gasteiger partial charge in [0.1, 0.15) is 36.6 Å². The van der Waals surface area contributed by atoms with E-state index in [4.69, 9.17) is 25.9 Å². The Labute approximate surface area is 268 Å². The molecule has 0 saturated carbocycles. The van der Waals surface area contributed by atoms with Crippen molar-refractivity contribution < 1.29 is 13.7 Å². The van der Waals surface area contributed by atoms with Gasteiger partial charge in [-0.3, -0.25) is 9.67 Å². The van der Waals surface area contributed by atoms with Crippen molar-refractivity contribution in [3.63, 3.8) is 0 Å². The Kier molecular flexibility index (Phi) is 9.38. The number of rotatable bonds is 6. The van der Waals surface area contributed by atoms with Crippen LogP contribution in [0.25, 0.3) is 5.57 Å². The summed E-state index contributed by atoms with van der Waals surface area (Å²) in [7, 11) is 3.62. The van der Waals surface area contributed by atoms with Gasteiger partial charge in [0.25, 0.3) is 5.88 Å². The number of aliphatic imine (C=N–C) groups is 1. The Balaban J connectivity index is 1.61. The van der Waals surface area contributed by atoms with E-state index in [1.54, 1.807) is 17.8 Å². The predicted molar refractivity (Wildman–Crippen MR) is 174 cm³/mol. The Hall–Kier alpha value is -5.23. The predicted octanol–water partition coefficient (Wildman–Crippen LogP) is 4.89. The highest BCUT2D eigenvalue weighted by atomic mass is 19.1.